The minimum atomic E-state index is -0.859. The lowest BCUT2D eigenvalue weighted by atomic mass is 10.2. The van der Waals surface area contributed by atoms with E-state index in [0.29, 0.717) is 11.1 Å². The lowest BCUT2D eigenvalue weighted by Crippen LogP contribution is -2.44. The zero-order chi connectivity index (χ0) is 23.0. The average molecular weight is 425 g/mol. The standard InChI is InChI=1S/C23H28N4O4/c1-22(2,3)30-20(28)27(21(29)31-23(4,5)6)19-17-12-14-26(18(17)11-13-25-19)16-9-7-15(24)8-10-16/h7-14H,24H2,1-6H3. The number of hydrogen-bond acceptors (Lipinski definition) is 6. The number of nitrogens with two attached hydrogens (primary N) is 1. The van der Waals surface area contributed by atoms with Crippen molar-refractivity contribution >= 4 is 34.6 Å². The predicted molar refractivity (Wildman–Crippen MR) is 120 cm³/mol. The van der Waals surface area contributed by atoms with Crippen molar-refractivity contribution in [3.63, 3.8) is 0 Å². The topological polar surface area (TPSA) is 99.7 Å². The van der Waals surface area contributed by atoms with Gasteiger partial charge in [0.1, 0.15) is 11.2 Å². The molecule has 164 valence electrons. The van der Waals surface area contributed by atoms with Gasteiger partial charge in [-0.15, -0.1) is 0 Å². The van der Waals surface area contributed by atoms with Crippen molar-refractivity contribution in [3.05, 3.63) is 48.8 Å². The summed E-state index contributed by atoms with van der Waals surface area (Å²) < 4.78 is 12.9. The molecule has 0 spiro atoms. The van der Waals surface area contributed by atoms with Crippen LogP contribution < -0.4 is 10.6 Å². The second kappa shape index (κ2) is 7.94. The monoisotopic (exact) mass is 424 g/mol. The number of nitrogen functional groups attached to an aromatic ring is 1. The van der Waals surface area contributed by atoms with E-state index in [1.165, 1.54) is 6.20 Å². The Hall–Kier alpha value is -3.55. The van der Waals surface area contributed by atoms with Crippen LogP contribution in [0.25, 0.3) is 16.6 Å². The van der Waals surface area contributed by atoms with Crippen molar-refractivity contribution < 1.29 is 19.1 Å². The van der Waals surface area contributed by atoms with Gasteiger partial charge in [0.25, 0.3) is 0 Å². The highest BCUT2D eigenvalue weighted by atomic mass is 16.6. The normalized spacial score (nSPS) is 11.9. The molecule has 8 nitrogen and oxygen atoms in total. The zero-order valence-electron chi connectivity index (χ0n) is 18.7. The van der Waals surface area contributed by atoms with Crippen LogP contribution >= 0.6 is 0 Å². The highest BCUT2D eigenvalue weighted by Crippen LogP contribution is 2.30. The van der Waals surface area contributed by atoms with Crippen molar-refractivity contribution in [1.29, 1.82) is 0 Å². The van der Waals surface area contributed by atoms with Crippen molar-refractivity contribution in [2.75, 3.05) is 10.6 Å². The van der Waals surface area contributed by atoms with Gasteiger partial charge in [-0.25, -0.2) is 14.6 Å². The molecule has 3 rings (SSSR count). The van der Waals surface area contributed by atoms with Crippen molar-refractivity contribution in [1.82, 2.24) is 9.55 Å². The van der Waals surface area contributed by atoms with Gasteiger partial charge >= 0.3 is 12.2 Å². The number of rotatable bonds is 2. The van der Waals surface area contributed by atoms with E-state index in [9.17, 15) is 9.59 Å². The number of benzene rings is 1. The Balaban J connectivity index is 2.12. The first-order valence-corrected chi connectivity index (χ1v) is 9.94. The Labute approximate surface area is 181 Å². The van der Waals surface area contributed by atoms with Gasteiger partial charge in [0.2, 0.25) is 0 Å². The highest BCUT2D eigenvalue weighted by molar-refractivity contribution is 6.13. The first-order valence-electron chi connectivity index (χ1n) is 9.94. The number of amides is 2. The fraction of sp³-hybridized carbons (Fsp3) is 0.348. The summed E-state index contributed by atoms with van der Waals surface area (Å²) in [4.78, 5) is 31.1. The molecule has 8 heteroatoms. The Kier molecular flexibility index (Phi) is 5.67. The molecule has 0 unspecified atom stereocenters. The number of fused-ring (bicyclic) bond motifs is 1. The quantitative estimate of drug-likeness (QED) is 0.562. The largest absolute Gasteiger partial charge is 0.443 e. The summed E-state index contributed by atoms with van der Waals surface area (Å²) in [5.41, 5.74) is 6.48. The molecular formula is C23H28N4O4. The summed E-state index contributed by atoms with van der Waals surface area (Å²) in [7, 11) is 0. The lowest BCUT2D eigenvalue weighted by molar-refractivity contribution is 0.0429. The van der Waals surface area contributed by atoms with E-state index in [2.05, 4.69) is 4.98 Å². The molecule has 0 radical (unpaired) electrons. The average Bonchev–Trinajstić information content (AvgIpc) is 3.04. The van der Waals surface area contributed by atoms with Crippen LogP contribution in [0.15, 0.2) is 48.8 Å². The van der Waals surface area contributed by atoms with Crippen LogP contribution in [0.1, 0.15) is 41.5 Å². The molecule has 0 fully saturated rings. The van der Waals surface area contributed by atoms with E-state index < -0.39 is 23.4 Å². The Morgan fingerprint density at radius 3 is 1.97 bits per heavy atom. The fourth-order valence-corrected chi connectivity index (χ4v) is 2.95. The third-order valence-electron chi connectivity index (χ3n) is 4.13. The first kappa shape index (κ1) is 22.1. The molecule has 2 heterocycles. The van der Waals surface area contributed by atoms with E-state index in [0.717, 1.165) is 16.1 Å². The van der Waals surface area contributed by atoms with Crippen LogP contribution in [0.5, 0.6) is 0 Å². The zero-order valence-corrected chi connectivity index (χ0v) is 18.7. The van der Waals surface area contributed by atoms with Gasteiger partial charge in [-0.3, -0.25) is 0 Å². The van der Waals surface area contributed by atoms with Gasteiger partial charge in [0.05, 0.1) is 5.52 Å². The van der Waals surface area contributed by atoms with Crippen LogP contribution in [0.2, 0.25) is 0 Å². The van der Waals surface area contributed by atoms with Crippen LogP contribution in [0.3, 0.4) is 0 Å². The molecule has 2 amide bonds. The molecule has 0 aliphatic rings. The van der Waals surface area contributed by atoms with Gasteiger partial charge in [-0.2, -0.15) is 4.90 Å². The summed E-state index contributed by atoms with van der Waals surface area (Å²) in [5.74, 6) is 0.134. The van der Waals surface area contributed by atoms with Crippen LogP contribution in [0, 0.1) is 0 Å². The number of carbonyl (C=O) groups is 2. The van der Waals surface area contributed by atoms with Crippen molar-refractivity contribution in [2.24, 2.45) is 0 Å². The number of anilines is 2. The minimum Gasteiger partial charge on any atom is -0.443 e. The molecule has 0 bridgehead atoms. The maximum Gasteiger partial charge on any atom is 0.425 e. The third kappa shape index (κ3) is 5.14. The number of pyridine rings is 1. The predicted octanol–water partition coefficient (Wildman–Crippen LogP) is 5.28. The fourth-order valence-electron chi connectivity index (χ4n) is 2.95. The van der Waals surface area contributed by atoms with E-state index in [1.807, 2.05) is 22.9 Å². The maximum absolute atomic E-state index is 13.0. The van der Waals surface area contributed by atoms with Crippen LogP contribution in [-0.4, -0.2) is 32.9 Å². The molecule has 0 aliphatic heterocycles. The summed E-state index contributed by atoms with van der Waals surface area (Å²) >= 11 is 0. The Morgan fingerprint density at radius 2 is 1.45 bits per heavy atom. The van der Waals surface area contributed by atoms with Crippen LogP contribution in [0.4, 0.5) is 21.1 Å². The molecule has 0 saturated heterocycles. The molecule has 31 heavy (non-hydrogen) atoms. The molecule has 1 aromatic carbocycles. The summed E-state index contributed by atoms with van der Waals surface area (Å²) in [5, 5.41) is 0.594. The van der Waals surface area contributed by atoms with Crippen molar-refractivity contribution in [3.8, 4) is 5.69 Å². The van der Waals surface area contributed by atoms with Gasteiger partial charge in [-0.1, -0.05) is 0 Å². The van der Waals surface area contributed by atoms with Gasteiger partial charge in [0, 0.05) is 29.2 Å². The van der Waals surface area contributed by atoms with E-state index in [-0.39, 0.29) is 5.82 Å². The second-order valence-electron chi connectivity index (χ2n) is 9.14. The molecule has 0 atom stereocenters. The first-order chi connectivity index (χ1) is 14.4. The molecule has 3 aromatic rings. The van der Waals surface area contributed by atoms with E-state index >= 15 is 0 Å². The second-order valence-corrected chi connectivity index (χ2v) is 9.14. The van der Waals surface area contributed by atoms with E-state index in [4.69, 9.17) is 15.2 Å². The SMILES string of the molecule is CC(C)(C)OC(=O)N(C(=O)OC(C)(C)C)c1nccc2c1ccn2-c1ccc(N)cc1. The summed E-state index contributed by atoms with van der Waals surface area (Å²) in [6.07, 6.45) is 1.65. The molecular weight excluding hydrogens is 396 g/mol. The summed E-state index contributed by atoms with van der Waals surface area (Å²) in [6, 6.07) is 11.0. The number of ether oxygens (including phenoxy) is 2. The number of hydrogen-bond donors (Lipinski definition) is 1. The Bertz CT molecular complexity index is 1080. The van der Waals surface area contributed by atoms with Crippen LogP contribution in [-0.2, 0) is 9.47 Å². The number of carbonyl (C=O) groups excluding carboxylic acids is 2. The smallest absolute Gasteiger partial charge is 0.425 e. The third-order valence-corrected chi connectivity index (χ3v) is 4.13. The highest BCUT2D eigenvalue weighted by Gasteiger charge is 2.34. The molecule has 0 aliphatic carbocycles. The minimum absolute atomic E-state index is 0.134. The lowest BCUT2D eigenvalue weighted by Gasteiger charge is -2.28. The molecule has 2 N–H and O–H groups in total. The molecule has 0 saturated carbocycles. The summed E-state index contributed by atoms with van der Waals surface area (Å²) in [6.45, 7) is 10.4. The van der Waals surface area contributed by atoms with E-state index in [1.54, 1.807) is 65.8 Å². The number of aromatic nitrogens is 2. The number of imide groups is 1. The van der Waals surface area contributed by atoms with Gasteiger partial charge in [0.15, 0.2) is 5.82 Å². The Morgan fingerprint density at radius 1 is 0.903 bits per heavy atom. The maximum atomic E-state index is 13.0. The van der Waals surface area contributed by atoms with Crippen molar-refractivity contribution in [2.45, 2.75) is 52.7 Å². The van der Waals surface area contributed by atoms with Gasteiger partial charge in [-0.05, 0) is 77.9 Å². The molecule has 2 aromatic heterocycles. The number of nitrogens with zero attached hydrogens (tertiary/aromatic N) is 3. The van der Waals surface area contributed by atoms with Gasteiger partial charge < -0.3 is 19.8 Å².